The Morgan fingerprint density at radius 3 is 2.08 bits per heavy atom. The first-order valence-electron chi connectivity index (χ1n) is 8.56. The molecule has 1 saturated carbocycles. The Labute approximate surface area is 141 Å². The normalized spacial score (nSPS) is 21.3. The third-order valence-corrected chi connectivity index (χ3v) is 5.05. The van der Waals surface area contributed by atoms with Crippen LogP contribution >= 0.6 is 0 Å². The average Bonchev–Trinajstić information content (AvgIpc) is 2.54. The van der Waals surface area contributed by atoms with Gasteiger partial charge in [0, 0.05) is 37.2 Å². The number of aliphatic hydroxyl groups is 1. The fourth-order valence-electron chi connectivity index (χ4n) is 3.80. The van der Waals surface area contributed by atoms with Crippen LogP contribution in [0.3, 0.4) is 0 Å². The number of Topliss-reactive ketones (excluding diaryl/α,β-unsaturated/α-hetero) is 3. The summed E-state index contributed by atoms with van der Waals surface area (Å²) < 4.78 is 0. The number of ketones is 3. The van der Waals surface area contributed by atoms with Crippen LogP contribution in [0.2, 0.25) is 0 Å². The highest BCUT2D eigenvalue weighted by Gasteiger charge is 2.42. The van der Waals surface area contributed by atoms with Crippen LogP contribution in [0.25, 0.3) is 0 Å². The predicted molar refractivity (Wildman–Crippen MR) is 89.8 cm³/mol. The van der Waals surface area contributed by atoms with Crippen molar-refractivity contribution in [2.75, 3.05) is 0 Å². The SMILES string of the molecule is Cc1ccc([C@@H](C2=C(O)CCCC2=O)C2C(=O)CCCC2=O)cc1. The van der Waals surface area contributed by atoms with Gasteiger partial charge in [-0.3, -0.25) is 14.4 Å². The summed E-state index contributed by atoms with van der Waals surface area (Å²) in [5.41, 5.74) is 2.09. The van der Waals surface area contributed by atoms with Gasteiger partial charge in [0.15, 0.2) is 5.78 Å². The summed E-state index contributed by atoms with van der Waals surface area (Å²) in [5.74, 6) is -1.83. The molecule has 126 valence electrons. The number of aryl methyl sites for hydroxylation is 1. The van der Waals surface area contributed by atoms with Gasteiger partial charge in [0.2, 0.25) is 0 Å². The van der Waals surface area contributed by atoms with E-state index in [2.05, 4.69) is 0 Å². The Hall–Kier alpha value is -2.23. The van der Waals surface area contributed by atoms with Gasteiger partial charge < -0.3 is 5.11 Å². The van der Waals surface area contributed by atoms with Crippen molar-refractivity contribution in [3.05, 3.63) is 46.7 Å². The molecule has 3 rings (SSSR count). The van der Waals surface area contributed by atoms with E-state index in [-0.39, 0.29) is 28.7 Å². The van der Waals surface area contributed by atoms with Crippen LogP contribution in [0.15, 0.2) is 35.6 Å². The van der Waals surface area contributed by atoms with Crippen molar-refractivity contribution in [3.63, 3.8) is 0 Å². The molecule has 0 amide bonds. The zero-order valence-electron chi connectivity index (χ0n) is 13.9. The summed E-state index contributed by atoms with van der Waals surface area (Å²) in [7, 11) is 0. The summed E-state index contributed by atoms with van der Waals surface area (Å²) in [6.45, 7) is 1.96. The Bertz CT molecular complexity index is 696. The summed E-state index contributed by atoms with van der Waals surface area (Å²) in [6.07, 6.45) is 2.70. The number of benzene rings is 1. The lowest BCUT2D eigenvalue weighted by molar-refractivity contribution is -0.136. The van der Waals surface area contributed by atoms with Gasteiger partial charge in [-0.1, -0.05) is 29.8 Å². The lowest BCUT2D eigenvalue weighted by Gasteiger charge is -2.31. The standard InChI is InChI=1S/C20H22O4/c1-12-8-10-13(11-9-12)18(19-14(21)4-2-5-15(19)22)20-16(23)6-3-7-17(20)24/h8-11,18-19,23H,2-7H2,1H3/t18-/m1/s1. The molecule has 0 aromatic heterocycles. The van der Waals surface area contributed by atoms with E-state index < -0.39 is 11.8 Å². The second kappa shape index (κ2) is 6.71. The summed E-state index contributed by atoms with van der Waals surface area (Å²) in [6, 6.07) is 7.53. The molecule has 1 aromatic carbocycles. The molecule has 0 bridgehead atoms. The minimum Gasteiger partial charge on any atom is -0.512 e. The fraction of sp³-hybridized carbons (Fsp3) is 0.450. The van der Waals surface area contributed by atoms with Gasteiger partial charge in [-0.15, -0.1) is 0 Å². The Morgan fingerprint density at radius 1 is 0.917 bits per heavy atom. The van der Waals surface area contributed by atoms with E-state index in [1.807, 2.05) is 31.2 Å². The van der Waals surface area contributed by atoms with Crippen molar-refractivity contribution >= 4 is 17.3 Å². The van der Waals surface area contributed by atoms with E-state index in [9.17, 15) is 19.5 Å². The van der Waals surface area contributed by atoms with Crippen LogP contribution in [0, 0.1) is 12.8 Å². The van der Waals surface area contributed by atoms with E-state index in [1.165, 1.54) is 0 Å². The van der Waals surface area contributed by atoms with Crippen molar-refractivity contribution in [2.45, 2.75) is 51.4 Å². The number of aliphatic hydroxyl groups excluding tert-OH is 1. The number of carbonyl (C=O) groups excluding carboxylic acids is 3. The monoisotopic (exact) mass is 326 g/mol. The number of rotatable bonds is 3. The van der Waals surface area contributed by atoms with Crippen LogP contribution < -0.4 is 0 Å². The van der Waals surface area contributed by atoms with Crippen molar-refractivity contribution in [1.29, 1.82) is 0 Å². The van der Waals surface area contributed by atoms with Gasteiger partial charge in [0.1, 0.15) is 11.6 Å². The summed E-state index contributed by atoms with van der Waals surface area (Å²) in [5, 5.41) is 10.4. The first-order chi connectivity index (χ1) is 11.5. The van der Waals surface area contributed by atoms with Crippen molar-refractivity contribution in [2.24, 2.45) is 5.92 Å². The minimum atomic E-state index is -0.847. The zero-order chi connectivity index (χ0) is 17.3. The molecule has 0 radical (unpaired) electrons. The van der Waals surface area contributed by atoms with Gasteiger partial charge in [-0.2, -0.15) is 0 Å². The molecular formula is C20H22O4. The third-order valence-electron chi connectivity index (χ3n) is 5.05. The molecule has 0 spiro atoms. The molecule has 1 fully saturated rings. The first-order valence-corrected chi connectivity index (χ1v) is 8.56. The first kappa shape index (κ1) is 16.6. The van der Waals surface area contributed by atoms with Crippen molar-refractivity contribution in [1.82, 2.24) is 0 Å². The maximum absolute atomic E-state index is 12.5. The van der Waals surface area contributed by atoms with E-state index in [1.54, 1.807) is 0 Å². The molecular weight excluding hydrogens is 304 g/mol. The quantitative estimate of drug-likeness (QED) is 0.862. The number of allylic oxidation sites excluding steroid dienone is 2. The van der Waals surface area contributed by atoms with E-state index in [0.717, 1.165) is 11.1 Å². The van der Waals surface area contributed by atoms with E-state index in [4.69, 9.17) is 0 Å². The number of carbonyl (C=O) groups is 3. The minimum absolute atomic E-state index is 0.0444. The molecule has 4 nitrogen and oxygen atoms in total. The van der Waals surface area contributed by atoms with Crippen LogP contribution in [-0.4, -0.2) is 22.5 Å². The topological polar surface area (TPSA) is 71.4 Å². The highest BCUT2D eigenvalue weighted by molar-refractivity contribution is 6.08. The number of hydrogen-bond acceptors (Lipinski definition) is 4. The second-order valence-corrected chi connectivity index (χ2v) is 6.79. The van der Waals surface area contributed by atoms with Gasteiger partial charge in [0.25, 0.3) is 0 Å². The smallest absolute Gasteiger partial charge is 0.162 e. The molecule has 24 heavy (non-hydrogen) atoms. The highest BCUT2D eigenvalue weighted by atomic mass is 16.3. The molecule has 0 saturated heterocycles. The van der Waals surface area contributed by atoms with Crippen LogP contribution in [0.1, 0.15) is 55.6 Å². The van der Waals surface area contributed by atoms with Crippen LogP contribution in [-0.2, 0) is 14.4 Å². The van der Waals surface area contributed by atoms with Crippen molar-refractivity contribution in [3.8, 4) is 0 Å². The molecule has 0 heterocycles. The molecule has 0 aliphatic heterocycles. The van der Waals surface area contributed by atoms with E-state index >= 15 is 0 Å². The molecule has 1 N–H and O–H groups in total. The summed E-state index contributed by atoms with van der Waals surface area (Å²) in [4.78, 5) is 37.5. The number of hydrogen-bond donors (Lipinski definition) is 1. The molecule has 0 unspecified atom stereocenters. The summed E-state index contributed by atoms with van der Waals surface area (Å²) >= 11 is 0. The molecule has 2 aliphatic rings. The lowest BCUT2D eigenvalue weighted by Crippen LogP contribution is -2.37. The van der Waals surface area contributed by atoms with Crippen molar-refractivity contribution < 1.29 is 19.5 Å². The fourth-order valence-corrected chi connectivity index (χ4v) is 3.80. The predicted octanol–water partition coefficient (Wildman–Crippen LogP) is 3.58. The largest absolute Gasteiger partial charge is 0.512 e. The van der Waals surface area contributed by atoms with Gasteiger partial charge in [-0.05, 0) is 25.3 Å². The van der Waals surface area contributed by atoms with E-state index in [0.29, 0.717) is 38.5 Å². The van der Waals surface area contributed by atoms with Crippen LogP contribution in [0.4, 0.5) is 0 Å². The second-order valence-electron chi connectivity index (χ2n) is 6.79. The van der Waals surface area contributed by atoms with Gasteiger partial charge >= 0.3 is 0 Å². The molecule has 4 heteroatoms. The maximum Gasteiger partial charge on any atom is 0.162 e. The zero-order valence-corrected chi connectivity index (χ0v) is 13.9. The molecule has 2 aliphatic carbocycles. The third kappa shape index (κ3) is 3.05. The average molecular weight is 326 g/mol. The molecule has 1 atom stereocenters. The van der Waals surface area contributed by atoms with Crippen LogP contribution in [0.5, 0.6) is 0 Å². The maximum atomic E-state index is 12.5. The lowest BCUT2D eigenvalue weighted by atomic mass is 9.69. The highest BCUT2D eigenvalue weighted by Crippen LogP contribution is 2.41. The van der Waals surface area contributed by atoms with Gasteiger partial charge in [0.05, 0.1) is 11.7 Å². The Kier molecular flexibility index (Phi) is 4.65. The Balaban J connectivity index is 2.13. The Morgan fingerprint density at radius 2 is 1.50 bits per heavy atom. The molecule has 1 aromatic rings. The van der Waals surface area contributed by atoms with Gasteiger partial charge in [-0.25, -0.2) is 0 Å².